The molecule has 0 bridgehead atoms. The molecule has 1 aliphatic rings. The van der Waals surface area contributed by atoms with Gasteiger partial charge < -0.3 is 9.47 Å². The van der Waals surface area contributed by atoms with E-state index >= 15 is 0 Å². The van der Waals surface area contributed by atoms with Crippen molar-refractivity contribution in [2.75, 3.05) is 14.2 Å². The van der Waals surface area contributed by atoms with Crippen LogP contribution in [0.5, 0.6) is 11.5 Å². The molecule has 1 unspecified atom stereocenters. The first kappa shape index (κ1) is 19.5. The van der Waals surface area contributed by atoms with Gasteiger partial charge in [0.15, 0.2) is 11.5 Å². The molecule has 2 aromatic carbocycles. The van der Waals surface area contributed by atoms with Gasteiger partial charge in [-0.25, -0.2) is 5.01 Å². The summed E-state index contributed by atoms with van der Waals surface area (Å²) >= 11 is 12.3. The molecule has 1 heterocycles. The molecule has 0 fully saturated rings. The van der Waals surface area contributed by atoms with E-state index in [0.29, 0.717) is 34.4 Å². The first-order chi connectivity index (χ1) is 13.0. The third-order valence-corrected chi connectivity index (χ3v) is 5.05. The van der Waals surface area contributed by atoms with Crippen molar-refractivity contribution in [3.8, 4) is 11.5 Å². The molecule has 0 radical (unpaired) electrons. The Labute approximate surface area is 168 Å². The zero-order valence-corrected chi connectivity index (χ0v) is 16.8. The summed E-state index contributed by atoms with van der Waals surface area (Å²) in [5, 5.41) is 7.17. The van der Waals surface area contributed by atoms with Gasteiger partial charge in [-0.15, -0.1) is 0 Å². The van der Waals surface area contributed by atoms with Gasteiger partial charge in [0.2, 0.25) is 5.91 Å². The minimum atomic E-state index is -0.237. The molecule has 1 amide bonds. The predicted molar refractivity (Wildman–Crippen MR) is 107 cm³/mol. The van der Waals surface area contributed by atoms with Crippen LogP contribution < -0.4 is 9.47 Å². The summed E-state index contributed by atoms with van der Waals surface area (Å²) in [4.78, 5) is 12.5. The predicted octanol–water partition coefficient (Wildman–Crippen LogP) is 5.10. The first-order valence-electron chi connectivity index (χ1n) is 8.55. The molecule has 2 aromatic rings. The first-order valence-corrected chi connectivity index (χ1v) is 9.31. The lowest BCUT2D eigenvalue weighted by molar-refractivity contribution is -0.132. The zero-order chi connectivity index (χ0) is 19.6. The molecule has 3 rings (SSSR count). The lowest BCUT2D eigenvalue weighted by Gasteiger charge is -2.22. The Bertz CT molecular complexity index is 899. The molecule has 0 aromatic heterocycles. The van der Waals surface area contributed by atoms with Crippen LogP contribution in [0.2, 0.25) is 10.0 Å². The number of hydrazone groups is 1. The van der Waals surface area contributed by atoms with Gasteiger partial charge in [-0.2, -0.15) is 5.10 Å². The fourth-order valence-corrected chi connectivity index (χ4v) is 3.63. The maximum absolute atomic E-state index is 12.5. The number of carbonyl (C=O) groups is 1. The van der Waals surface area contributed by atoms with Crippen LogP contribution in [-0.4, -0.2) is 30.8 Å². The van der Waals surface area contributed by atoms with Gasteiger partial charge in [0.25, 0.3) is 0 Å². The molecule has 27 heavy (non-hydrogen) atoms. The maximum atomic E-state index is 12.5. The standard InChI is InChI=1S/C20H20Cl2N2O3/c1-4-20(25)24-17(12-5-8-18(26-2)19(9-12)27-3)11-16(23-24)14-7-6-13(21)10-15(14)22/h5-10,17H,4,11H2,1-3H3. The van der Waals surface area contributed by atoms with Crippen LogP contribution in [0.25, 0.3) is 0 Å². The van der Waals surface area contributed by atoms with Crippen molar-refractivity contribution >= 4 is 34.8 Å². The molecule has 0 saturated heterocycles. The van der Waals surface area contributed by atoms with E-state index in [-0.39, 0.29) is 11.9 Å². The summed E-state index contributed by atoms with van der Waals surface area (Å²) in [5.74, 6) is 1.18. The highest BCUT2D eigenvalue weighted by Crippen LogP contribution is 2.38. The van der Waals surface area contributed by atoms with Crippen LogP contribution in [0.4, 0.5) is 0 Å². The summed E-state index contributed by atoms with van der Waals surface area (Å²) < 4.78 is 10.7. The summed E-state index contributed by atoms with van der Waals surface area (Å²) in [6.45, 7) is 1.82. The largest absolute Gasteiger partial charge is 0.493 e. The minimum absolute atomic E-state index is 0.0603. The lowest BCUT2D eigenvalue weighted by atomic mass is 9.98. The third-order valence-electron chi connectivity index (χ3n) is 4.50. The van der Waals surface area contributed by atoms with Gasteiger partial charge in [-0.1, -0.05) is 42.3 Å². The average molecular weight is 407 g/mol. The highest BCUT2D eigenvalue weighted by molar-refractivity contribution is 6.37. The summed E-state index contributed by atoms with van der Waals surface area (Å²) in [6.07, 6.45) is 0.900. The van der Waals surface area contributed by atoms with Crippen LogP contribution in [0.1, 0.15) is 36.9 Å². The Morgan fingerprint density at radius 1 is 1.15 bits per heavy atom. The third kappa shape index (κ3) is 3.89. The number of ether oxygens (including phenoxy) is 2. The van der Waals surface area contributed by atoms with Gasteiger partial charge in [-0.3, -0.25) is 4.79 Å². The molecule has 0 aliphatic carbocycles. The van der Waals surface area contributed by atoms with E-state index in [0.717, 1.165) is 16.8 Å². The molecule has 0 spiro atoms. The number of methoxy groups -OCH3 is 2. The smallest absolute Gasteiger partial charge is 0.242 e. The molecule has 1 aliphatic heterocycles. The van der Waals surface area contributed by atoms with Crippen molar-refractivity contribution in [3.05, 3.63) is 57.6 Å². The van der Waals surface area contributed by atoms with Crippen LogP contribution in [-0.2, 0) is 4.79 Å². The SMILES string of the molecule is CCC(=O)N1N=C(c2ccc(Cl)cc2Cl)CC1c1ccc(OC)c(OC)c1. The number of benzene rings is 2. The Morgan fingerprint density at radius 3 is 2.52 bits per heavy atom. The molecule has 7 heteroatoms. The van der Waals surface area contributed by atoms with Crippen molar-refractivity contribution in [2.24, 2.45) is 5.10 Å². The summed E-state index contributed by atoms with van der Waals surface area (Å²) in [6, 6.07) is 10.7. The molecule has 1 atom stereocenters. The Hall–Kier alpha value is -2.24. The van der Waals surface area contributed by atoms with Gasteiger partial charge in [0.05, 0.1) is 31.0 Å². The van der Waals surface area contributed by atoms with E-state index < -0.39 is 0 Å². The molecular formula is C20H20Cl2N2O3. The number of carbonyl (C=O) groups excluding carboxylic acids is 1. The zero-order valence-electron chi connectivity index (χ0n) is 15.3. The van der Waals surface area contributed by atoms with Crippen LogP contribution >= 0.6 is 23.2 Å². The van der Waals surface area contributed by atoms with Gasteiger partial charge in [-0.05, 0) is 29.8 Å². The van der Waals surface area contributed by atoms with E-state index in [1.807, 2.05) is 31.2 Å². The monoisotopic (exact) mass is 406 g/mol. The summed E-state index contributed by atoms with van der Waals surface area (Å²) in [7, 11) is 3.17. The maximum Gasteiger partial charge on any atom is 0.242 e. The van der Waals surface area contributed by atoms with Crippen molar-refractivity contribution in [1.29, 1.82) is 0 Å². The second-order valence-electron chi connectivity index (χ2n) is 6.10. The number of hydrogen-bond acceptors (Lipinski definition) is 4. The van der Waals surface area contributed by atoms with Crippen molar-refractivity contribution < 1.29 is 14.3 Å². The number of rotatable bonds is 5. The Kier molecular flexibility index (Phi) is 5.92. The van der Waals surface area contributed by atoms with E-state index in [2.05, 4.69) is 5.10 Å². The van der Waals surface area contributed by atoms with E-state index in [1.54, 1.807) is 26.4 Å². The van der Waals surface area contributed by atoms with Crippen LogP contribution in [0.3, 0.4) is 0 Å². The lowest BCUT2D eigenvalue weighted by Crippen LogP contribution is -2.26. The van der Waals surface area contributed by atoms with Crippen molar-refractivity contribution in [2.45, 2.75) is 25.8 Å². The Morgan fingerprint density at radius 2 is 1.89 bits per heavy atom. The van der Waals surface area contributed by atoms with E-state index in [4.69, 9.17) is 32.7 Å². The van der Waals surface area contributed by atoms with E-state index in [9.17, 15) is 4.79 Å². The topological polar surface area (TPSA) is 51.1 Å². The minimum Gasteiger partial charge on any atom is -0.493 e. The van der Waals surface area contributed by atoms with Crippen molar-refractivity contribution in [1.82, 2.24) is 5.01 Å². The molecule has 0 saturated carbocycles. The number of nitrogens with zero attached hydrogens (tertiary/aromatic N) is 2. The Balaban J connectivity index is 2.00. The van der Waals surface area contributed by atoms with E-state index in [1.165, 1.54) is 5.01 Å². The molecule has 142 valence electrons. The normalized spacial score (nSPS) is 16.3. The molecule has 0 N–H and O–H groups in total. The van der Waals surface area contributed by atoms with Gasteiger partial charge in [0.1, 0.15) is 0 Å². The van der Waals surface area contributed by atoms with Crippen molar-refractivity contribution in [3.63, 3.8) is 0 Å². The van der Waals surface area contributed by atoms with Gasteiger partial charge >= 0.3 is 0 Å². The quantitative estimate of drug-likeness (QED) is 0.693. The number of halogens is 2. The molecular weight excluding hydrogens is 387 g/mol. The second kappa shape index (κ2) is 8.19. The fourth-order valence-electron chi connectivity index (χ4n) is 3.11. The fraction of sp³-hybridized carbons (Fsp3) is 0.300. The average Bonchev–Trinajstić information content (AvgIpc) is 3.11. The van der Waals surface area contributed by atoms with Gasteiger partial charge in [0, 0.05) is 23.4 Å². The number of hydrogen-bond donors (Lipinski definition) is 0. The highest BCUT2D eigenvalue weighted by atomic mass is 35.5. The second-order valence-corrected chi connectivity index (χ2v) is 6.94. The van der Waals surface area contributed by atoms with Crippen LogP contribution in [0, 0.1) is 0 Å². The summed E-state index contributed by atoms with van der Waals surface area (Å²) in [5.41, 5.74) is 2.44. The number of amides is 1. The highest BCUT2D eigenvalue weighted by Gasteiger charge is 2.33. The molecule has 5 nitrogen and oxygen atoms in total. The van der Waals surface area contributed by atoms with Crippen LogP contribution in [0.15, 0.2) is 41.5 Å².